The summed E-state index contributed by atoms with van der Waals surface area (Å²) in [6, 6.07) is 6.30. The average molecular weight is 372 g/mol. The third-order valence-corrected chi connectivity index (χ3v) is 5.91. The summed E-state index contributed by atoms with van der Waals surface area (Å²) in [5.74, 6) is 0. The topological polar surface area (TPSA) is 36.3 Å². The van der Waals surface area contributed by atoms with Crippen LogP contribution in [0.4, 0.5) is 5.69 Å². The first-order chi connectivity index (χ1) is 12.4. The quantitative estimate of drug-likeness (QED) is 0.839. The van der Waals surface area contributed by atoms with Crippen LogP contribution in [-0.4, -0.2) is 50.9 Å². The summed E-state index contributed by atoms with van der Waals surface area (Å²) < 4.78 is 1.98. The first-order valence-corrected chi connectivity index (χ1v) is 9.61. The highest BCUT2D eigenvalue weighted by atomic mass is 32.1. The molecule has 6 heteroatoms. The largest absolute Gasteiger partial charge is 0.346 e. The molecule has 0 unspecified atom stereocenters. The molecule has 1 fully saturated rings. The van der Waals surface area contributed by atoms with Crippen molar-refractivity contribution in [3.05, 3.63) is 46.3 Å². The maximum Gasteiger partial charge on any atom is 0.173 e. The Kier molecular flexibility index (Phi) is 5.63. The number of aryl methyl sites for hydroxylation is 3. The molecule has 140 valence electrons. The standard InChI is InChI=1S/C20H29N5S/c1-14-7-6-8-19(15(14)2)21-20(26)25-11-9-24(10-12-25)13-18-16(3)22-23(5)17(18)4/h6-8H,9-13H2,1-5H3,(H,21,26). The molecule has 1 N–H and O–H groups in total. The van der Waals surface area contributed by atoms with Crippen molar-refractivity contribution < 1.29 is 0 Å². The van der Waals surface area contributed by atoms with Crippen LogP contribution in [0.25, 0.3) is 0 Å². The molecule has 2 aromatic rings. The van der Waals surface area contributed by atoms with Gasteiger partial charge < -0.3 is 10.2 Å². The van der Waals surface area contributed by atoms with Gasteiger partial charge in [0.2, 0.25) is 0 Å². The minimum Gasteiger partial charge on any atom is -0.346 e. The van der Waals surface area contributed by atoms with E-state index in [0.29, 0.717) is 0 Å². The van der Waals surface area contributed by atoms with Gasteiger partial charge in [0.05, 0.1) is 5.69 Å². The lowest BCUT2D eigenvalue weighted by atomic mass is 10.1. The number of aromatic nitrogens is 2. The van der Waals surface area contributed by atoms with Crippen LogP contribution in [0.2, 0.25) is 0 Å². The smallest absolute Gasteiger partial charge is 0.173 e. The van der Waals surface area contributed by atoms with Gasteiger partial charge in [0, 0.05) is 56.7 Å². The summed E-state index contributed by atoms with van der Waals surface area (Å²) in [4.78, 5) is 4.77. The second kappa shape index (κ2) is 7.76. The Bertz CT molecular complexity index is 803. The van der Waals surface area contributed by atoms with E-state index in [2.05, 4.69) is 66.1 Å². The lowest BCUT2D eigenvalue weighted by Gasteiger charge is -2.36. The van der Waals surface area contributed by atoms with Crippen LogP contribution in [0.3, 0.4) is 0 Å². The Hall–Kier alpha value is -1.92. The highest BCUT2D eigenvalue weighted by Gasteiger charge is 2.21. The van der Waals surface area contributed by atoms with Crippen molar-refractivity contribution in [2.45, 2.75) is 34.2 Å². The Morgan fingerprint density at radius 1 is 1.12 bits per heavy atom. The number of benzene rings is 1. The molecule has 1 aromatic heterocycles. The summed E-state index contributed by atoms with van der Waals surface area (Å²) >= 11 is 5.66. The van der Waals surface area contributed by atoms with Gasteiger partial charge in [-0.05, 0) is 57.1 Å². The molecule has 5 nitrogen and oxygen atoms in total. The van der Waals surface area contributed by atoms with E-state index in [-0.39, 0.29) is 0 Å². The number of piperazine rings is 1. The molecular formula is C20H29N5S. The molecule has 1 aliphatic heterocycles. The van der Waals surface area contributed by atoms with Gasteiger partial charge in [0.25, 0.3) is 0 Å². The van der Waals surface area contributed by atoms with E-state index in [1.807, 2.05) is 11.7 Å². The Balaban J connectivity index is 1.56. The normalized spacial score (nSPS) is 15.3. The zero-order chi connectivity index (χ0) is 18.8. The maximum atomic E-state index is 5.66. The molecule has 0 aliphatic carbocycles. The second-order valence-electron chi connectivity index (χ2n) is 7.21. The molecule has 1 aliphatic rings. The van der Waals surface area contributed by atoms with Gasteiger partial charge in [-0.15, -0.1) is 0 Å². The monoisotopic (exact) mass is 371 g/mol. The van der Waals surface area contributed by atoms with Crippen LogP contribution in [-0.2, 0) is 13.6 Å². The van der Waals surface area contributed by atoms with Gasteiger partial charge in [0.15, 0.2) is 5.11 Å². The van der Waals surface area contributed by atoms with Gasteiger partial charge in [-0.25, -0.2) is 0 Å². The van der Waals surface area contributed by atoms with Crippen molar-refractivity contribution in [2.75, 3.05) is 31.5 Å². The number of nitrogens with one attached hydrogen (secondary N) is 1. The lowest BCUT2D eigenvalue weighted by Crippen LogP contribution is -2.49. The fourth-order valence-electron chi connectivity index (χ4n) is 3.46. The SMILES string of the molecule is Cc1cccc(NC(=S)N2CCN(Cc3c(C)nn(C)c3C)CC2)c1C. The molecular weight excluding hydrogens is 342 g/mol. The van der Waals surface area contributed by atoms with Crippen molar-refractivity contribution >= 4 is 23.0 Å². The van der Waals surface area contributed by atoms with Gasteiger partial charge in [0.1, 0.15) is 0 Å². The number of hydrogen-bond donors (Lipinski definition) is 1. The van der Waals surface area contributed by atoms with Crippen LogP contribution >= 0.6 is 12.2 Å². The lowest BCUT2D eigenvalue weighted by molar-refractivity contribution is 0.176. The summed E-state index contributed by atoms with van der Waals surface area (Å²) in [5.41, 5.74) is 7.41. The highest BCUT2D eigenvalue weighted by Crippen LogP contribution is 2.20. The van der Waals surface area contributed by atoms with Crippen LogP contribution in [0, 0.1) is 27.7 Å². The predicted octanol–water partition coefficient (Wildman–Crippen LogP) is 3.17. The second-order valence-corrected chi connectivity index (χ2v) is 7.60. The maximum absolute atomic E-state index is 5.66. The molecule has 0 atom stereocenters. The Morgan fingerprint density at radius 2 is 1.81 bits per heavy atom. The summed E-state index contributed by atoms with van der Waals surface area (Å²) in [7, 11) is 2.02. The zero-order valence-electron chi connectivity index (χ0n) is 16.5. The van der Waals surface area contributed by atoms with Crippen molar-refractivity contribution in [1.82, 2.24) is 19.6 Å². The zero-order valence-corrected chi connectivity index (χ0v) is 17.3. The summed E-state index contributed by atoms with van der Waals surface area (Å²) in [6.07, 6.45) is 0. The van der Waals surface area contributed by atoms with Crippen LogP contribution in [0.1, 0.15) is 28.1 Å². The first kappa shape index (κ1) is 18.9. The third kappa shape index (κ3) is 3.91. The van der Waals surface area contributed by atoms with E-state index in [1.54, 1.807) is 0 Å². The molecule has 2 heterocycles. The van der Waals surface area contributed by atoms with E-state index in [0.717, 1.165) is 49.2 Å². The van der Waals surface area contributed by atoms with Crippen LogP contribution in [0.15, 0.2) is 18.2 Å². The number of anilines is 1. The highest BCUT2D eigenvalue weighted by molar-refractivity contribution is 7.80. The molecule has 26 heavy (non-hydrogen) atoms. The average Bonchev–Trinajstić information content (AvgIpc) is 2.86. The van der Waals surface area contributed by atoms with Crippen LogP contribution in [0.5, 0.6) is 0 Å². The van der Waals surface area contributed by atoms with E-state index < -0.39 is 0 Å². The predicted molar refractivity (Wildman–Crippen MR) is 112 cm³/mol. The van der Waals surface area contributed by atoms with Crippen LogP contribution < -0.4 is 5.32 Å². The fourth-order valence-corrected chi connectivity index (χ4v) is 3.75. The first-order valence-electron chi connectivity index (χ1n) is 9.20. The molecule has 0 radical (unpaired) electrons. The van der Waals surface area contributed by atoms with Gasteiger partial charge in [-0.2, -0.15) is 5.10 Å². The molecule has 0 amide bonds. The van der Waals surface area contributed by atoms with Gasteiger partial charge in [-0.3, -0.25) is 9.58 Å². The van der Waals surface area contributed by atoms with Gasteiger partial charge >= 0.3 is 0 Å². The molecule has 0 bridgehead atoms. The molecule has 3 rings (SSSR count). The van der Waals surface area contributed by atoms with Gasteiger partial charge in [-0.1, -0.05) is 12.1 Å². The number of rotatable bonds is 3. The van der Waals surface area contributed by atoms with E-state index in [4.69, 9.17) is 12.2 Å². The van der Waals surface area contributed by atoms with Crippen molar-refractivity contribution in [2.24, 2.45) is 7.05 Å². The number of thiocarbonyl (C=S) groups is 1. The molecule has 0 spiro atoms. The van der Waals surface area contributed by atoms with E-state index >= 15 is 0 Å². The minimum absolute atomic E-state index is 0.826. The van der Waals surface area contributed by atoms with E-state index in [1.165, 1.54) is 22.4 Å². The third-order valence-electron chi connectivity index (χ3n) is 5.55. The molecule has 1 aromatic carbocycles. The fraction of sp³-hybridized carbons (Fsp3) is 0.500. The van der Waals surface area contributed by atoms with Crippen molar-refractivity contribution in [3.63, 3.8) is 0 Å². The van der Waals surface area contributed by atoms with Crippen molar-refractivity contribution in [3.8, 4) is 0 Å². The molecule has 0 saturated carbocycles. The Morgan fingerprint density at radius 3 is 2.42 bits per heavy atom. The number of nitrogens with zero attached hydrogens (tertiary/aromatic N) is 4. The van der Waals surface area contributed by atoms with Crippen molar-refractivity contribution in [1.29, 1.82) is 0 Å². The number of hydrogen-bond acceptors (Lipinski definition) is 3. The molecule has 1 saturated heterocycles. The Labute approximate surface area is 162 Å². The summed E-state index contributed by atoms with van der Waals surface area (Å²) in [5, 5.41) is 8.79. The summed E-state index contributed by atoms with van der Waals surface area (Å²) in [6.45, 7) is 13.4. The minimum atomic E-state index is 0.826. The van der Waals surface area contributed by atoms with E-state index in [9.17, 15) is 0 Å².